The first kappa shape index (κ1) is 30.4. The summed E-state index contributed by atoms with van der Waals surface area (Å²) < 4.78 is 0. The molecule has 3 fully saturated rings. The largest absolute Gasteiger partial charge is 0.369 e. The van der Waals surface area contributed by atoms with Gasteiger partial charge in [0.1, 0.15) is 5.84 Å². The Morgan fingerprint density at radius 3 is 2.59 bits per heavy atom. The first-order valence-electron chi connectivity index (χ1n) is 16.7. The van der Waals surface area contributed by atoms with E-state index in [9.17, 15) is 9.59 Å². The van der Waals surface area contributed by atoms with Gasteiger partial charge in [-0.1, -0.05) is 55.3 Å². The average Bonchev–Trinajstić information content (AvgIpc) is 3.48. The second-order valence-corrected chi connectivity index (χ2v) is 13.0. The van der Waals surface area contributed by atoms with Crippen LogP contribution in [-0.2, 0) is 16.0 Å². The predicted octanol–water partition coefficient (Wildman–Crippen LogP) is 3.86. The first-order valence-corrected chi connectivity index (χ1v) is 16.7. The molecule has 0 spiro atoms. The highest BCUT2D eigenvalue weighted by Crippen LogP contribution is 2.38. The highest BCUT2D eigenvalue weighted by molar-refractivity contribution is 5.91. The first-order chi connectivity index (χ1) is 21.5. The zero-order valence-corrected chi connectivity index (χ0v) is 26.5. The van der Waals surface area contributed by atoms with Gasteiger partial charge in [-0.2, -0.15) is 5.10 Å². The molecule has 0 aromatic heterocycles. The van der Waals surface area contributed by atoms with Crippen molar-refractivity contribution >= 4 is 23.3 Å². The molecular weight excluding hydrogens is 550 g/mol. The smallest absolute Gasteiger partial charge is 0.230 e. The number of hydrazone groups is 1. The van der Waals surface area contributed by atoms with Gasteiger partial charge in [0.15, 0.2) is 6.29 Å². The van der Waals surface area contributed by atoms with E-state index in [-0.39, 0.29) is 30.1 Å². The fourth-order valence-corrected chi connectivity index (χ4v) is 7.48. The average molecular weight is 600 g/mol. The summed E-state index contributed by atoms with van der Waals surface area (Å²) in [6.45, 7) is 10.9. The van der Waals surface area contributed by atoms with Crippen LogP contribution in [0.1, 0.15) is 61.6 Å². The molecule has 9 nitrogen and oxygen atoms in total. The minimum atomic E-state index is -0.251. The minimum Gasteiger partial charge on any atom is -0.369 e. The molecule has 2 amide bonds. The van der Waals surface area contributed by atoms with Crippen molar-refractivity contribution in [3.8, 4) is 0 Å². The Balaban J connectivity index is 0.943. The van der Waals surface area contributed by atoms with Gasteiger partial charge in [-0.25, -0.2) is 0 Å². The van der Waals surface area contributed by atoms with E-state index in [4.69, 9.17) is 0 Å². The van der Waals surface area contributed by atoms with Gasteiger partial charge in [-0.3, -0.25) is 19.9 Å². The molecule has 3 heterocycles. The van der Waals surface area contributed by atoms with Gasteiger partial charge >= 0.3 is 0 Å². The standard InChI is InChI=1S/C35H49N7O2/c1-26-13-14-27(2)31(25-26)40-23-21-39(22-24-40)19-8-18-36-33(43)16-15-32-37-38-35-41(20-17-28-9-4-3-5-10-28)34(44)29-11-6-7-12-30(29)42(32)35/h3-5,9-10,13-14,25,29-30,35,38H,6-8,11-12,15-24H2,1-2H3,(H,36,43). The lowest BCUT2D eigenvalue weighted by Gasteiger charge is -2.50. The lowest BCUT2D eigenvalue weighted by atomic mass is 9.80. The van der Waals surface area contributed by atoms with Gasteiger partial charge < -0.3 is 20.0 Å². The predicted molar refractivity (Wildman–Crippen MR) is 175 cm³/mol. The molecule has 2 aromatic rings. The number of anilines is 1. The number of amidine groups is 1. The quantitative estimate of drug-likeness (QED) is 0.382. The molecule has 2 aromatic carbocycles. The summed E-state index contributed by atoms with van der Waals surface area (Å²) in [6, 6.07) is 17.2. The van der Waals surface area contributed by atoms with Crippen LogP contribution in [0.3, 0.4) is 0 Å². The Labute approximate surface area is 262 Å². The van der Waals surface area contributed by atoms with Crippen molar-refractivity contribution in [2.24, 2.45) is 11.0 Å². The van der Waals surface area contributed by atoms with Crippen molar-refractivity contribution in [3.63, 3.8) is 0 Å². The monoisotopic (exact) mass is 599 g/mol. The Morgan fingerprint density at radius 1 is 0.977 bits per heavy atom. The maximum Gasteiger partial charge on any atom is 0.230 e. The molecule has 1 aliphatic carbocycles. The van der Waals surface area contributed by atoms with Gasteiger partial charge in [0.2, 0.25) is 11.8 Å². The molecule has 1 saturated carbocycles. The second-order valence-electron chi connectivity index (χ2n) is 13.0. The molecular formula is C35H49N7O2. The van der Waals surface area contributed by atoms with Crippen LogP contribution in [0.25, 0.3) is 0 Å². The summed E-state index contributed by atoms with van der Waals surface area (Å²) in [4.78, 5) is 35.8. The SMILES string of the molecule is Cc1ccc(C)c(N2CCN(CCCNC(=O)CCC3=NNC4N(CCc5ccccc5)C(=O)C5CCCCC5N34)CC2)c1. The van der Waals surface area contributed by atoms with Crippen LogP contribution in [-0.4, -0.2) is 90.5 Å². The molecule has 0 bridgehead atoms. The van der Waals surface area contributed by atoms with E-state index >= 15 is 0 Å². The number of nitrogens with one attached hydrogen (secondary N) is 2. The minimum absolute atomic E-state index is 0.0115. The Kier molecular flexibility index (Phi) is 9.69. The number of aryl methyl sites for hydroxylation is 2. The number of nitrogens with zero attached hydrogens (tertiary/aromatic N) is 5. The topological polar surface area (TPSA) is 83.5 Å². The summed E-state index contributed by atoms with van der Waals surface area (Å²) in [5, 5.41) is 7.83. The van der Waals surface area contributed by atoms with Crippen LogP contribution in [0.2, 0.25) is 0 Å². The third-order valence-corrected chi connectivity index (χ3v) is 9.96. The Morgan fingerprint density at radius 2 is 1.77 bits per heavy atom. The Hall–Kier alpha value is -3.59. The van der Waals surface area contributed by atoms with E-state index in [0.29, 0.717) is 25.9 Å². The van der Waals surface area contributed by atoms with Crippen LogP contribution in [0, 0.1) is 19.8 Å². The highest BCUT2D eigenvalue weighted by atomic mass is 16.2. The van der Waals surface area contributed by atoms with Crippen LogP contribution in [0.4, 0.5) is 5.69 Å². The summed E-state index contributed by atoms with van der Waals surface area (Å²) >= 11 is 0. The molecule has 3 aliphatic heterocycles. The van der Waals surface area contributed by atoms with Crippen molar-refractivity contribution in [2.75, 3.05) is 50.7 Å². The molecule has 6 rings (SSSR count). The molecule has 2 N–H and O–H groups in total. The molecule has 3 atom stereocenters. The number of carbonyl (C=O) groups is 2. The van der Waals surface area contributed by atoms with E-state index < -0.39 is 0 Å². The number of amides is 2. The Bertz CT molecular complexity index is 1320. The molecule has 236 valence electrons. The fourth-order valence-electron chi connectivity index (χ4n) is 7.48. The van der Waals surface area contributed by atoms with Gasteiger partial charge in [-0.15, -0.1) is 0 Å². The zero-order valence-electron chi connectivity index (χ0n) is 26.5. The van der Waals surface area contributed by atoms with Gasteiger partial charge in [0.05, 0.1) is 5.92 Å². The molecule has 4 aliphatic rings. The number of hydrogen-bond donors (Lipinski definition) is 2. The number of hydrogen-bond acceptors (Lipinski definition) is 7. The third-order valence-electron chi connectivity index (χ3n) is 9.96. The van der Waals surface area contributed by atoms with Crippen molar-refractivity contribution in [2.45, 2.75) is 77.5 Å². The van der Waals surface area contributed by atoms with Crippen LogP contribution >= 0.6 is 0 Å². The fraction of sp³-hybridized carbons (Fsp3) is 0.571. The lowest BCUT2D eigenvalue weighted by Crippen LogP contribution is -2.67. The van der Waals surface area contributed by atoms with Gasteiger partial charge in [-0.05, 0) is 68.8 Å². The normalized spacial score (nSPS) is 23.6. The zero-order chi connectivity index (χ0) is 30.5. The summed E-state index contributed by atoms with van der Waals surface area (Å²) in [6.07, 6.45) is 6.68. The van der Waals surface area contributed by atoms with Crippen molar-refractivity contribution in [3.05, 3.63) is 65.2 Å². The third kappa shape index (κ3) is 6.88. The van der Waals surface area contributed by atoms with E-state index in [1.54, 1.807) is 0 Å². The lowest BCUT2D eigenvalue weighted by molar-refractivity contribution is -0.155. The van der Waals surface area contributed by atoms with Crippen LogP contribution in [0.15, 0.2) is 53.6 Å². The summed E-state index contributed by atoms with van der Waals surface area (Å²) in [5.74, 6) is 1.25. The number of carbonyl (C=O) groups excluding carboxylic acids is 2. The number of piperazine rings is 1. The molecule has 0 radical (unpaired) electrons. The molecule has 3 unspecified atom stereocenters. The van der Waals surface area contributed by atoms with Crippen molar-refractivity contribution in [1.29, 1.82) is 0 Å². The summed E-state index contributed by atoms with van der Waals surface area (Å²) in [7, 11) is 0. The number of rotatable bonds is 11. The van der Waals surface area contributed by atoms with Crippen molar-refractivity contribution < 1.29 is 9.59 Å². The van der Waals surface area contributed by atoms with E-state index in [1.165, 1.54) is 22.4 Å². The highest BCUT2D eigenvalue weighted by Gasteiger charge is 2.50. The van der Waals surface area contributed by atoms with E-state index in [1.807, 2.05) is 23.1 Å². The molecule has 2 saturated heterocycles. The van der Waals surface area contributed by atoms with Crippen LogP contribution in [0.5, 0.6) is 0 Å². The maximum atomic E-state index is 13.6. The van der Waals surface area contributed by atoms with Gasteiger partial charge in [0, 0.05) is 63.8 Å². The molecule has 9 heteroatoms. The van der Waals surface area contributed by atoms with Gasteiger partial charge in [0.25, 0.3) is 0 Å². The number of fused-ring (bicyclic) bond motifs is 3. The van der Waals surface area contributed by atoms with Crippen LogP contribution < -0.4 is 15.6 Å². The number of benzene rings is 2. The maximum absolute atomic E-state index is 13.6. The van der Waals surface area contributed by atoms with E-state index in [0.717, 1.165) is 77.1 Å². The molecule has 44 heavy (non-hydrogen) atoms. The second kappa shape index (κ2) is 14.0. The van der Waals surface area contributed by atoms with Crippen molar-refractivity contribution in [1.82, 2.24) is 25.4 Å². The summed E-state index contributed by atoms with van der Waals surface area (Å²) in [5.41, 5.74) is 8.51. The van der Waals surface area contributed by atoms with E-state index in [2.05, 4.69) is 74.7 Å².